The van der Waals surface area contributed by atoms with E-state index < -0.39 is 10.0 Å². The number of hydrogen-bond donors (Lipinski definition) is 2. The van der Waals surface area contributed by atoms with Crippen molar-refractivity contribution < 1.29 is 13.5 Å². The van der Waals surface area contributed by atoms with Gasteiger partial charge in [-0.3, -0.25) is 4.72 Å². The Bertz CT molecular complexity index is 694. The Morgan fingerprint density at radius 2 is 1.68 bits per heavy atom. The second-order valence-electron chi connectivity index (χ2n) is 4.24. The van der Waals surface area contributed by atoms with Gasteiger partial charge in [0.25, 0.3) is 10.0 Å². The summed E-state index contributed by atoms with van der Waals surface area (Å²) in [5.41, 5.74) is 1.58. The maximum Gasteiger partial charge on any atom is 0.263 e. The molecule has 6 heteroatoms. The van der Waals surface area contributed by atoms with E-state index in [0.717, 1.165) is 5.56 Å². The van der Waals surface area contributed by atoms with E-state index in [9.17, 15) is 13.5 Å². The number of aromatic nitrogens is 1. The van der Waals surface area contributed by atoms with Crippen molar-refractivity contribution in [3.05, 3.63) is 47.7 Å². The second kappa shape index (κ2) is 4.89. The van der Waals surface area contributed by atoms with Gasteiger partial charge in [0.15, 0.2) is 11.6 Å². The summed E-state index contributed by atoms with van der Waals surface area (Å²) in [6.45, 7) is 3.58. The number of nitrogens with zero attached hydrogens (tertiary/aromatic N) is 1. The summed E-state index contributed by atoms with van der Waals surface area (Å²) in [5.74, 6) is -0.276. The Kier molecular flexibility index (Phi) is 3.44. The fourth-order valence-corrected chi connectivity index (χ4v) is 2.55. The van der Waals surface area contributed by atoms with Gasteiger partial charge >= 0.3 is 0 Å². The molecule has 0 amide bonds. The third kappa shape index (κ3) is 3.03. The van der Waals surface area contributed by atoms with Crippen LogP contribution in [-0.2, 0) is 10.0 Å². The quantitative estimate of drug-likeness (QED) is 0.902. The second-order valence-corrected chi connectivity index (χ2v) is 5.92. The summed E-state index contributed by atoms with van der Waals surface area (Å²) < 4.78 is 26.5. The molecule has 0 aliphatic heterocycles. The summed E-state index contributed by atoms with van der Waals surface area (Å²) in [5, 5.41) is 9.60. The summed E-state index contributed by atoms with van der Waals surface area (Å²) in [6, 6.07) is 9.42. The lowest BCUT2D eigenvalue weighted by molar-refractivity contribution is 0.475. The predicted octanol–water partition coefficient (Wildman–Crippen LogP) is 2.20. The number of hydrogen-bond acceptors (Lipinski definition) is 4. The zero-order chi connectivity index (χ0) is 14.0. The third-order valence-corrected chi connectivity index (χ3v) is 3.93. The van der Waals surface area contributed by atoms with Crippen LogP contribution in [0.3, 0.4) is 0 Å². The lowest BCUT2D eigenvalue weighted by Crippen LogP contribution is -2.14. The first kappa shape index (κ1) is 13.4. The minimum absolute atomic E-state index is 0.0689. The number of nitrogens with one attached hydrogen (secondary N) is 1. The van der Waals surface area contributed by atoms with Gasteiger partial charge < -0.3 is 5.11 Å². The van der Waals surface area contributed by atoms with Crippen LogP contribution < -0.4 is 4.72 Å². The number of aryl methyl sites for hydroxylation is 2. The van der Waals surface area contributed by atoms with Gasteiger partial charge in [0.2, 0.25) is 0 Å². The average Bonchev–Trinajstić information content (AvgIpc) is 2.34. The van der Waals surface area contributed by atoms with Crippen LogP contribution in [0, 0.1) is 13.8 Å². The number of aromatic hydroxyl groups is 1. The molecule has 19 heavy (non-hydrogen) atoms. The average molecular weight is 278 g/mol. The zero-order valence-electron chi connectivity index (χ0n) is 10.6. The zero-order valence-corrected chi connectivity index (χ0v) is 11.4. The van der Waals surface area contributed by atoms with Gasteiger partial charge in [-0.2, -0.15) is 0 Å². The number of rotatable bonds is 3. The van der Waals surface area contributed by atoms with Crippen molar-refractivity contribution in [2.24, 2.45) is 0 Å². The summed E-state index contributed by atoms with van der Waals surface area (Å²) in [4.78, 5) is 4.09. The summed E-state index contributed by atoms with van der Waals surface area (Å²) in [6.07, 6.45) is 0. The SMILES string of the molecule is Cc1ccc(S(=O)(=O)Nc2nc(C)ccc2O)cc1. The van der Waals surface area contributed by atoms with Gasteiger partial charge in [-0.25, -0.2) is 13.4 Å². The van der Waals surface area contributed by atoms with Gasteiger partial charge in [0.1, 0.15) is 0 Å². The van der Waals surface area contributed by atoms with E-state index >= 15 is 0 Å². The fourth-order valence-electron chi connectivity index (χ4n) is 1.53. The highest BCUT2D eigenvalue weighted by atomic mass is 32.2. The van der Waals surface area contributed by atoms with Gasteiger partial charge in [-0.15, -0.1) is 0 Å². The van der Waals surface area contributed by atoms with Crippen LogP contribution in [0.25, 0.3) is 0 Å². The topological polar surface area (TPSA) is 79.3 Å². The van der Waals surface area contributed by atoms with E-state index in [2.05, 4.69) is 9.71 Å². The summed E-state index contributed by atoms with van der Waals surface area (Å²) >= 11 is 0. The highest BCUT2D eigenvalue weighted by Crippen LogP contribution is 2.23. The van der Waals surface area contributed by atoms with Gasteiger partial charge in [-0.05, 0) is 38.1 Å². The first-order chi connectivity index (χ1) is 8.88. The Morgan fingerprint density at radius 3 is 2.32 bits per heavy atom. The molecular weight excluding hydrogens is 264 g/mol. The molecule has 0 aliphatic rings. The number of pyridine rings is 1. The smallest absolute Gasteiger partial charge is 0.263 e. The molecule has 0 spiro atoms. The van der Waals surface area contributed by atoms with Crippen molar-refractivity contribution in [1.82, 2.24) is 4.98 Å². The van der Waals surface area contributed by atoms with Crippen LogP contribution in [-0.4, -0.2) is 18.5 Å². The van der Waals surface area contributed by atoms with Crippen LogP contribution >= 0.6 is 0 Å². The maximum absolute atomic E-state index is 12.1. The third-order valence-electron chi connectivity index (χ3n) is 2.58. The molecule has 100 valence electrons. The minimum Gasteiger partial charge on any atom is -0.504 e. The molecule has 0 bridgehead atoms. The monoisotopic (exact) mass is 278 g/mol. The Balaban J connectivity index is 2.36. The molecule has 1 heterocycles. The predicted molar refractivity (Wildman–Crippen MR) is 72.6 cm³/mol. The van der Waals surface area contributed by atoms with E-state index in [4.69, 9.17) is 0 Å². The van der Waals surface area contributed by atoms with Crippen LogP contribution in [0.1, 0.15) is 11.3 Å². The molecule has 0 atom stereocenters. The van der Waals surface area contributed by atoms with Gasteiger partial charge in [0, 0.05) is 5.69 Å². The lowest BCUT2D eigenvalue weighted by atomic mass is 10.2. The highest BCUT2D eigenvalue weighted by Gasteiger charge is 2.16. The molecule has 2 rings (SSSR count). The molecule has 5 nitrogen and oxygen atoms in total. The van der Waals surface area contributed by atoms with E-state index in [1.165, 1.54) is 18.2 Å². The van der Waals surface area contributed by atoms with Crippen molar-refractivity contribution in [3.63, 3.8) is 0 Å². The minimum atomic E-state index is -3.74. The Hall–Kier alpha value is -2.08. The van der Waals surface area contributed by atoms with Gasteiger partial charge in [0.05, 0.1) is 4.90 Å². The molecular formula is C13H14N2O3S. The number of benzene rings is 1. The molecule has 0 fully saturated rings. The van der Waals surface area contributed by atoms with Crippen LogP contribution in [0.5, 0.6) is 5.75 Å². The van der Waals surface area contributed by atoms with Gasteiger partial charge in [-0.1, -0.05) is 17.7 Å². The van der Waals surface area contributed by atoms with Crippen LogP contribution in [0.2, 0.25) is 0 Å². The first-order valence-electron chi connectivity index (χ1n) is 5.64. The standard InChI is InChI=1S/C13H14N2O3S/c1-9-3-6-11(7-4-9)19(17,18)15-13-12(16)8-5-10(2)14-13/h3-8,16H,1-2H3,(H,14,15). The summed E-state index contributed by atoms with van der Waals surface area (Å²) in [7, 11) is -3.74. The molecule has 0 unspecified atom stereocenters. The lowest BCUT2D eigenvalue weighted by Gasteiger charge is -2.09. The fraction of sp³-hybridized carbons (Fsp3) is 0.154. The molecule has 2 N–H and O–H groups in total. The van der Waals surface area contributed by atoms with Crippen molar-refractivity contribution >= 4 is 15.8 Å². The van der Waals surface area contributed by atoms with Crippen LogP contribution in [0.4, 0.5) is 5.82 Å². The van der Waals surface area contributed by atoms with Crippen molar-refractivity contribution in [1.29, 1.82) is 0 Å². The maximum atomic E-state index is 12.1. The molecule has 1 aromatic carbocycles. The number of sulfonamides is 1. The van der Waals surface area contributed by atoms with Crippen LogP contribution in [0.15, 0.2) is 41.3 Å². The van der Waals surface area contributed by atoms with Crippen molar-refractivity contribution in [3.8, 4) is 5.75 Å². The molecule has 2 aromatic rings. The van der Waals surface area contributed by atoms with E-state index in [0.29, 0.717) is 5.69 Å². The highest BCUT2D eigenvalue weighted by molar-refractivity contribution is 7.92. The van der Waals surface area contributed by atoms with E-state index in [1.54, 1.807) is 25.1 Å². The molecule has 0 aliphatic carbocycles. The molecule has 1 aromatic heterocycles. The first-order valence-corrected chi connectivity index (χ1v) is 7.13. The van der Waals surface area contributed by atoms with Crippen molar-refractivity contribution in [2.45, 2.75) is 18.7 Å². The van der Waals surface area contributed by atoms with E-state index in [-0.39, 0.29) is 16.5 Å². The molecule has 0 radical (unpaired) electrons. The Labute approximate surface area is 112 Å². The van der Waals surface area contributed by atoms with Crippen molar-refractivity contribution in [2.75, 3.05) is 4.72 Å². The molecule has 0 saturated heterocycles. The molecule has 0 saturated carbocycles. The largest absolute Gasteiger partial charge is 0.504 e. The number of anilines is 1. The van der Waals surface area contributed by atoms with E-state index in [1.807, 2.05) is 6.92 Å². The normalized spacial score (nSPS) is 11.3. The Morgan fingerprint density at radius 1 is 1.05 bits per heavy atom.